The number of carbonyl (C=O) groups is 1. The van der Waals surface area contributed by atoms with Gasteiger partial charge in [0.05, 0.1) is 11.8 Å². The van der Waals surface area contributed by atoms with Crippen molar-refractivity contribution < 1.29 is 19.0 Å². The summed E-state index contributed by atoms with van der Waals surface area (Å²) in [6.45, 7) is 9.62. The number of methoxy groups -OCH3 is 1. The Labute approximate surface area is 186 Å². The van der Waals surface area contributed by atoms with Crippen molar-refractivity contribution in [1.29, 1.82) is 0 Å². The molecule has 0 unspecified atom stereocenters. The number of likely N-dealkylation sites (N-methyl/N-ethyl adjacent to an activating group) is 1. The van der Waals surface area contributed by atoms with Crippen LogP contribution in [0, 0.1) is 6.92 Å². The highest BCUT2D eigenvalue weighted by Gasteiger charge is 2.25. The van der Waals surface area contributed by atoms with E-state index < -0.39 is 0 Å². The monoisotopic (exact) mass is 441 g/mol. The first kappa shape index (κ1) is 21.4. The lowest BCUT2D eigenvalue weighted by atomic mass is 10.1. The van der Waals surface area contributed by atoms with Crippen LogP contribution < -0.4 is 19.1 Å². The number of amides is 1. The Morgan fingerprint density at radius 2 is 1.90 bits per heavy atom. The molecular weight excluding hydrogens is 414 g/mol. The molecule has 1 amide bonds. The zero-order valence-corrected chi connectivity index (χ0v) is 19.1. The third-order valence-electron chi connectivity index (χ3n) is 5.54. The summed E-state index contributed by atoms with van der Waals surface area (Å²) in [7, 11) is 1.64. The van der Waals surface area contributed by atoms with E-state index in [0.29, 0.717) is 34.5 Å². The van der Waals surface area contributed by atoms with Crippen LogP contribution >= 0.6 is 11.3 Å². The molecule has 0 spiro atoms. The van der Waals surface area contributed by atoms with Crippen molar-refractivity contribution in [2.45, 2.75) is 20.8 Å². The second kappa shape index (κ2) is 9.11. The van der Waals surface area contributed by atoms with Crippen molar-refractivity contribution in [3.8, 4) is 17.2 Å². The number of aromatic nitrogens is 1. The molecule has 4 rings (SSSR count). The van der Waals surface area contributed by atoms with Crippen molar-refractivity contribution in [2.24, 2.45) is 0 Å². The van der Waals surface area contributed by atoms with Gasteiger partial charge in [-0.1, -0.05) is 31.3 Å². The summed E-state index contributed by atoms with van der Waals surface area (Å²) in [6.07, 6.45) is 0. The van der Waals surface area contributed by atoms with E-state index in [1.807, 2.05) is 19.1 Å². The van der Waals surface area contributed by atoms with Gasteiger partial charge in [-0.05, 0) is 49.8 Å². The molecule has 8 heteroatoms. The molecule has 0 fully saturated rings. The highest BCUT2D eigenvalue weighted by atomic mass is 32.1. The molecule has 0 atom stereocenters. The highest BCUT2D eigenvalue weighted by Crippen LogP contribution is 2.38. The van der Waals surface area contributed by atoms with Gasteiger partial charge in [0.1, 0.15) is 11.3 Å². The molecule has 1 aromatic heterocycles. The number of aryl methyl sites for hydroxylation is 1. The average molecular weight is 442 g/mol. The Morgan fingerprint density at radius 1 is 1.13 bits per heavy atom. The predicted octanol–water partition coefficient (Wildman–Crippen LogP) is 4.33. The van der Waals surface area contributed by atoms with Gasteiger partial charge >= 0.3 is 0 Å². The van der Waals surface area contributed by atoms with Gasteiger partial charge in [-0.15, -0.1) is 0 Å². The number of anilines is 1. The Kier molecular flexibility index (Phi) is 6.29. The van der Waals surface area contributed by atoms with Crippen molar-refractivity contribution in [3.63, 3.8) is 0 Å². The zero-order chi connectivity index (χ0) is 22.0. The first-order valence-electron chi connectivity index (χ1n) is 10.4. The van der Waals surface area contributed by atoms with Crippen LogP contribution in [0.15, 0.2) is 30.3 Å². The maximum atomic E-state index is 13.6. The molecule has 0 N–H and O–H groups in total. The predicted molar refractivity (Wildman–Crippen MR) is 123 cm³/mol. The second-order valence-corrected chi connectivity index (χ2v) is 8.29. The fourth-order valence-corrected chi connectivity index (χ4v) is 4.71. The smallest absolute Gasteiger partial charge is 0.260 e. The third-order valence-corrected chi connectivity index (χ3v) is 6.76. The van der Waals surface area contributed by atoms with Crippen LogP contribution in [-0.4, -0.2) is 55.9 Å². The Bertz CT molecular complexity index is 1090. The number of benzene rings is 2. The molecule has 0 bridgehead atoms. The van der Waals surface area contributed by atoms with Crippen molar-refractivity contribution in [3.05, 3.63) is 41.5 Å². The molecule has 3 aromatic rings. The molecule has 1 aliphatic rings. The number of hydrogen-bond acceptors (Lipinski definition) is 7. The first-order valence-corrected chi connectivity index (χ1v) is 11.2. The van der Waals surface area contributed by atoms with Crippen molar-refractivity contribution in [2.75, 3.05) is 45.0 Å². The van der Waals surface area contributed by atoms with Gasteiger partial charge in [-0.2, -0.15) is 0 Å². The zero-order valence-electron chi connectivity index (χ0n) is 18.3. The molecule has 0 saturated heterocycles. The Hall–Kier alpha value is -2.84. The summed E-state index contributed by atoms with van der Waals surface area (Å²) < 4.78 is 17.4. The summed E-state index contributed by atoms with van der Waals surface area (Å²) in [4.78, 5) is 22.5. The molecule has 2 aromatic carbocycles. The van der Waals surface area contributed by atoms with Gasteiger partial charge in [-0.3, -0.25) is 9.69 Å². The van der Waals surface area contributed by atoms with E-state index in [4.69, 9.17) is 19.2 Å². The lowest BCUT2D eigenvalue weighted by molar-refractivity contribution is 0.0983. The number of carbonyl (C=O) groups excluding carboxylic acids is 1. The summed E-state index contributed by atoms with van der Waals surface area (Å²) >= 11 is 1.52. The quantitative estimate of drug-likeness (QED) is 0.518. The van der Waals surface area contributed by atoms with Crippen LogP contribution in [0.5, 0.6) is 17.2 Å². The number of fused-ring (bicyclic) bond motifs is 2. The van der Waals surface area contributed by atoms with Crippen LogP contribution in [-0.2, 0) is 0 Å². The molecule has 0 aliphatic carbocycles. The van der Waals surface area contributed by atoms with Crippen LogP contribution in [0.1, 0.15) is 29.8 Å². The number of rotatable bonds is 8. The number of ether oxygens (including phenoxy) is 3. The van der Waals surface area contributed by atoms with E-state index in [1.54, 1.807) is 30.2 Å². The number of nitrogens with zero attached hydrogens (tertiary/aromatic N) is 3. The minimum atomic E-state index is -0.110. The Morgan fingerprint density at radius 3 is 2.65 bits per heavy atom. The second-order valence-electron chi connectivity index (χ2n) is 7.31. The minimum Gasteiger partial charge on any atom is -0.494 e. The van der Waals surface area contributed by atoms with Gasteiger partial charge in [0.25, 0.3) is 5.91 Å². The standard InChI is InChI=1S/C23H27N3O4S/c1-5-25(6-2)11-12-26(22(27)16-8-10-17-19(13-16)30-14-29-17)23-24-20-18(28-4)9-7-15(3)21(20)31-23/h7-10,13H,5-6,11-12,14H2,1-4H3. The van der Waals surface area contributed by atoms with Gasteiger partial charge in [0.15, 0.2) is 16.6 Å². The van der Waals surface area contributed by atoms with Crippen LogP contribution in [0.25, 0.3) is 10.2 Å². The highest BCUT2D eigenvalue weighted by molar-refractivity contribution is 7.22. The molecule has 7 nitrogen and oxygen atoms in total. The lowest BCUT2D eigenvalue weighted by Crippen LogP contribution is -2.38. The van der Waals surface area contributed by atoms with E-state index in [9.17, 15) is 4.79 Å². The van der Waals surface area contributed by atoms with E-state index >= 15 is 0 Å². The van der Waals surface area contributed by atoms with E-state index in [2.05, 4.69) is 18.7 Å². The summed E-state index contributed by atoms with van der Waals surface area (Å²) in [5.74, 6) is 1.85. The van der Waals surface area contributed by atoms with Crippen LogP contribution in [0.3, 0.4) is 0 Å². The molecule has 1 aliphatic heterocycles. The largest absolute Gasteiger partial charge is 0.494 e. The third kappa shape index (κ3) is 4.18. The molecule has 164 valence electrons. The fraction of sp³-hybridized carbons (Fsp3) is 0.391. The fourth-order valence-electron chi connectivity index (χ4n) is 3.63. The maximum absolute atomic E-state index is 13.6. The van der Waals surface area contributed by atoms with Crippen molar-refractivity contribution in [1.82, 2.24) is 9.88 Å². The average Bonchev–Trinajstić information content (AvgIpc) is 3.44. The normalized spacial score (nSPS) is 12.5. The van der Waals surface area contributed by atoms with Crippen LogP contribution in [0.2, 0.25) is 0 Å². The topological polar surface area (TPSA) is 64.1 Å². The van der Waals surface area contributed by atoms with Crippen molar-refractivity contribution >= 4 is 32.6 Å². The SMILES string of the molecule is CCN(CC)CCN(C(=O)c1ccc2c(c1)OCO2)c1nc2c(OC)ccc(C)c2s1. The number of hydrogen-bond donors (Lipinski definition) is 0. The lowest BCUT2D eigenvalue weighted by Gasteiger charge is -2.24. The van der Waals surface area contributed by atoms with Gasteiger partial charge < -0.3 is 19.1 Å². The van der Waals surface area contributed by atoms with Gasteiger partial charge in [0, 0.05) is 18.7 Å². The summed E-state index contributed by atoms with van der Waals surface area (Å²) in [6, 6.07) is 9.24. The molecule has 2 heterocycles. The van der Waals surface area contributed by atoms with Crippen LogP contribution in [0.4, 0.5) is 5.13 Å². The molecule has 0 saturated carbocycles. The van der Waals surface area contributed by atoms with E-state index in [-0.39, 0.29) is 12.7 Å². The number of thiazole rings is 1. The summed E-state index contributed by atoms with van der Waals surface area (Å²) in [5, 5.41) is 0.664. The Balaban J connectivity index is 1.73. The minimum absolute atomic E-state index is 0.110. The molecular formula is C23H27N3O4S. The van der Waals surface area contributed by atoms with Gasteiger partial charge in [0.2, 0.25) is 6.79 Å². The maximum Gasteiger partial charge on any atom is 0.260 e. The molecule has 0 radical (unpaired) electrons. The van der Waals surface area contributed by atoms with E-state index in [1.165, 1.54) is 11.3 Å². The van der Waals surface area contributed by atoms with E-state index in [0.717, 1.165) is 35.4 Å². The first-order chi connectivity index (χ1) is 15.0. The molecule has 31 heavy (non-hydrogen) atoms. The van der Waals surface area contributed by atoms with Gasteiger partial charge in [-0.25, -0.2) is 4.98 Å². The summed E-state index contributed by atoms with van der Waals surface area (Å²) in [5.41, 5.74) is 2.44.